The first kappa shape index (κ1) is 8.29. The highest BCUT2D eigenvalue weighted by Crippen LogP contribution is 1.78. The van der Waals surface area contributed by atoms with Gasteiger partial charge in [0.25, 0.3) is 5.56 Å². The molecule has 62 valence electrons. The van der Waals surface area contributed by atoms with Gasteiger partial charge in [-0.15, -0.1) is 0 Å². The molecule has 0 amide bonds. The first-order valence-electron chi connectivity index (χ1n) is 3.37. The molecule has 0 fully saturated rings. The fourth-order valence-corrected chi connectivity index (χ4v) is 0.739. The first-order chi connectivity index (χ1) is 5.84. The van der Waals surface area contributed by atoms with Gasteiger partial charge < -0.3 is 0 Å². The lowest BCUT2D eigenvalue weighted by Crippen LogP contribution is -2.22. The number of azide groups is 1. The molecule has 1 aromatic rings. The molecule has 0 aliphatic rings. The van der Waals surface area contributed by atoms with Crippen LogP contribution in [-0.4, -0.2) is 16.3 Å². The lowest BCUT2D eigenvalue weighted by Gasteiger charge is -1.97. The summed E-state index contributed by atoms with van der Waals surface area (Å²) in [4.78, 5) is 13.5. The van der Waals surface area contributed by atoms with Gasteiger partial charge in [-0.25, -0.2) is 4.68 Å². The van der Waals surface area contributed by atoms with Crippen molar-refractivity contribution in [2.75, 3.05) is 6.54 Å². The molecule has 0 N–H and O–H groups in total. The number of hydrogen-bond donors (Lipinski definition) is 0. The maximum Gasteiger partial charge on any atom is 0.266 e. The molecule has 0 aromatic carbocycles. The molecule has 6 nitrogen and oxygen atoms in total. The average molecular weight is 165 g/mol. The minimum Gasteiger partial charge on any atom is -0.268 e. The monoisotopic (exact) mass is 165 g/mol. The summed E-state index contributed by atoms with van der Waals surface area (Å²) < 4.78 is 1.24. The number of hydrogen-bond acceptors (Lipinski definition) is 3. The molecule has 0 saturated heterocycles. The van der Waals surface area contributed by atoms with E-state index in [0.29, 0.717) is 6.54 Å². The molecule has 0 bridgehead atoms. The minimum atomic E-state index is -0.189. The molecule has 6 heteroatoms. The number of rotatable bonds is 3. The lowest BCUT2D eigenvalue weighted by atomic mass is 10.5. The Morgan fingerprint density at radius 1 is 1.75 bits per heavy atom. The summed E-state index contributed by atoms with van der Waals surface area (Å²) in [6.45, 7) is 0.567. The Balaban J connectivity index is 2.69. The van der Waals surface area contributed by atoms with Crippen LogP contribution in [0.3, 0.4) is 0 Å². The Morgan fingerprint density at radius 2 is 2.58 bits per heavy atom. The van der Waals surface area contributed by atoms with Crippen LogP contribution in [0.25, 0.3) is 10.4 Å². The van der Waals surface area contributed by atoms with Crippen molar-refractivity contribution in [3.05, 3.63) is 39.1 Å². The number of aromatic nitrogens is 2. The van der Waals surface area contributed by atoms with E-state index in [-0.39, 0.29) is 12.1 Å². The van der Waals surface area contributed by atoms with Gasteiger partial charge in [0.05, 0.1) is 6.54 Å². The highest BCUT2D eigenvalue weighted by Gasteiger charge is 1.91. The maximum atomic E-state index is 11.0. The summed E-state index contributed by atoms with van der Waals surface area (Å²) in [7, 11) is 0. The lowest BCUT2D eigenvalue weighted by molar-refractivity contribution is 0.586. The summed E-state index contributed by atoms with van der Waals surface area (Å²) in [6.07, 6.45) is 1.51. The predicted molar refractivity (Wildman–Crippen MR) is 42.5 cm³/mol. The van der Waals surface area contributed by atoms with E-state index in [4.69, 9.17) is 5.53 Å². The van der Waals surface area contributed by atoms with E-state index in [2.05, 4.69) is 15.1 Å². The molecular weight excluding hydrogens is 158 g/mol. The molecule has 0 spiro atoms. The Hall–Kier alpha value is -1.81. The Labute approximate surface area is 68.1 Å². The molecule has 0 unspecified atom stereocenters. The maximum absolute atomic E-state index is 11.0. The average Bonchev–Trinajstić information content (AvgIpc) is 2.09. The third kappa shape index (κ3) is 2.10. The normalized spacial score (nSPS) is 9.00. The second kappa shape index (κ2) is 4.15. The van der Waals surface area contributed by atoms with Gasteiger partial charge in [-0.3, -0.25) is 4.79 Å². The molecule has 1 aromatic heterocycles. The number of nitrogens with zero attached hydrogens (tertiary/aromatic N) is 5. The van der Waals surface area contributed by atoms with E-state index in [1.54, 1.807) is 6.07 Å². The molecule has 0 aliphatic heterocycles. The summed E-state index contributed by atoms with van der Waals surface area (Å²) >= 11 is 0. The van der Waals surface area contributed by atoms with Crippen LogP contribution in [-0.2, 0) is 6.54 Å². The summed E-state index contributed by atoms with van der Waals surface area (Å²) in [5.74, 6) is 0. The molecule has 1 heterocycles. The molecular formula is C6H7N5O. The van der Waals surface area contributed by atoms with E-state index in [0.717, 1.165) is 0 Å². The molecule has 12 heavy (non-hydrogen) atoms. The van der Waals surface area contributed by atoms with Crippen molar-refractivity contribution < 1.29 is 0 Å². The van der Waals surface area contributed by atoms with Crippen molar-refractivity contribution in [1.82, 2.24) is 9.78 Å². The van der Waals surface area contributed by atoms with Crippen LogP contribution in [0.4, 0.5) is 0 Å². The molecule has 1 rings (SSSR count). The third-order valence-electron chi connectivity index (χ3n) is 1.26. The van der Waals surface area contributed by atoms with Crippen molar-refractivity contribution in [3.8, 4) is 0 Å². The zero-order valence-corrected chi connectivity index (χ0v) is 6.29. The topological polar surface area (TPSA) is 83.7 Å². The van der Waals surface area contributed by atoms with Crippen molar-refractivity contribution in [3.63, 3.8) is 0 Å². The van der Waals surface area contributed by atoms with Crippen molar-refractivity contribution in [2.45, 2.75) is 6.54 Å². The summed E-state index contributed by atoms with van der Waals surface area (Å²) in [5, 5.41) is 7.06. The van der Waals surface area contributed by atoms with Crippen molar-refractivity contribution >= 4 is 0 Å². The van der Waals surface area contributed by atoms with Crippen LogP contribution < -0.4 is 5.56 Å². The molecule has 0 saturated carbocycles. The van der Waals surface area contributed by atoms with Crippen molar-refractivity contribution in [2.24, 2.45) is 5.11 Å². The second-order valence-electron chi connectivity index (χ2n) is 2.04. The largest absolute Gasteiger partial charge is 0.268 e. The van der Waals surface area contributed by atoms with Gasteiger partial charge >= 0.3 is 0 Å². The molecule has 0 radical (unpaired) electrons. The predicted octanol–water partition coefficient (Wildman–Crippen LogP) is 0.554. The zero-order chi connectivity index (χ0) is 8.81. The fraction of sp³-hybridized carbons (Fsp3) is 0.333. The Morgan fingerprint density at radius 3 is 3.25 bits per heavy atom. The van der Waals surface area contributed by atoms with Gasteiger partial charge in [-0.2, -0.15) is 5.10 Å². The van der Waals surface area contributed by atoms with Crippen LogP contribution in [0, 0.1) is 0 Å². The van der Waals surface area contributed by atoms with Gasteiger partial charge in [0.15, 0.2) is 0 Å². The van der Waals surface area contributed by atoms with Gasteiger partial charge in [-0.1, -0.05) is 5.11 Å². The van der Waals surface area contributed by atoms with E-state index in [9.17, 15) is 4.79 Å². The standard InChI is InChI=1S/C6H7N5O/c7-10-8-4-5-11-6(12)2-1-3-9-11/h1-3H,4-5H2. The molecule has 0 atom stereocenters. The van der Waals surface area contributed by atoms with Crippen molar-refractivity contribution in [1.29, 1.82) is 0 Å². The zero-order valence-electron chi connectivity index (χ0n) is 6.29. The van der Waals surface area contributed by atoms with E-state index in [1.165, 1.54) is 16.9 Å². The van der Waals surface area contributed by atoms with E-state index in [1.807, 2.05) is 0 Å². The smallest absolute Gasteiger partial charge is 0.266 e. The Kier molecular flexibility index (Phi) is 2.87. The van der Waals surface area contributed by atoms with Crippen LogP contribution in [0.5, 0.6) is 0 Å². The van der Waals surface area contributed by atoms with E-state index >= 15 is 0 Å². The van der Waals surface area contributed by atoms with Crippen LogP contribution >= 0.6 is 0 Å². The van der Waals surface area contributed by atoms with Gasteiger partial charge in [0, 0.05) is 23.7 Å². The SMILES string of the molecule is [N-]=[N+]=NCCn1ncccc1=O. The first-order valence-corrected chi connectivity index (χ1v) is 3.37. The Bertz CT molecular complexity index is 351. The summed E-state index contributed by atoms with van der Waals surface area (Å²) in [5.41, 5.74) is 7.77. The van der Waals surface area contributed by atoms with Gasteiger partial charge in [0.2, 0.25) is 0 Å². The highest BCUT2D eigenvalue weighted by atomic mass is 16.1. The quantitative estimate of drug-likeness (QED) is 0.372. The fourth-order valence-electron chi connectivity index (χ4n) is 0.739. The highest BCUT2D eigenvalue weighted by molar-refractivity contribution is 4.84. The molecule has 0 aliphatic carbocycles. The second-order valence-corrected chi connectivity index (χ2v) is 2.04. The third-order valence-corrected chi connectivity index (χ3v) is 1.26. The van der Waals surface area contributed by atoms with E-state index < -0.39 is 0 Å². The van der Waals surface area contributed by atoms with Crippen LogP contribution in [0.2, 0.25) is 0 Å². The van der Waals surface area contributed by atoms with Crippen LogP contribution in [0.1, 0.15) is 0 Å². The van der Waals surface area contributed by atoms with Gasteiger partial charge in [-0.05, 0) is 11.6 Å². The minimum absolute atomic E-state index is 0.189. The van der Waals surface area contributed by atoms with Gasteiger partial charge in [0.1, 0.15) is 0 Å². The van der Waals surface area contributed by atoms with Crippen LogP contribution in [0.15, 0.2) is 28.2 Å². The summed E-state index contributed by atoms with van der Waals surface area (Å²) in [6, 6.07) is 2.97.